The third kappa shape index (κ3) is 12.0. The van der Waals surface area contributed by atoms with Gasteiger partial charge in [-0.3, -0.25) is 0 Å². The minimum atomic E-state index is -4.09. The van der Waals surface area contributed by atoms with Gasteiger partial charge < -0.3 is 0 Å². The Morgan fingerprint density at radius 1 is 0.591 bits per heavy atom. The molecule has 0 aliphatic carbocycles. The molecule has 0 aromatic rings. The van der Waals surface area contributed by atoms with E-state index in [0.29, 0.717) is 6.42 Å². The molecule has 0 aromatic carbocycles. The lowest BCUT2D eigenvalue weighted by Crippen LogP contribution is -2.34. The minimum absolute atomic E-state index is 0.148. The van der Waals surface area contributed by atoms with Gasteiger partial charge >= 0.3 is 10.8 Å². The Labute approximate surface area is 145 Å². The SMILES string of the molecule is FC(F)(Br)C(F)(F)CCCCCCCCCCCCCCCl. The summed E-state index contributed by atoms with van der Waals surface area (Å²) in [7, 11) is 0. The first kappa shape index (κ1) is 22.5. The molecule has 0 unspecified atom stereocenters. The normalized spacial score (nSPS) is 12.8. The largest absolute Gasteiger partial charge is 0.363 e. The molecule has 0 amide bonds. The van der Waals surface area contributed by atoms with Gasteiger partial charge in [0.2, 0.25) is 0 Å². The van der Waals surface area contributed by atoms with Gasteiger partial charge in [-0.1, -0.05) is 64.2 Å². The summed E-state index contributed by atoms with van der Waals surface area (Å²) in [6.45, 7) is 0. The highest BCUT2D eigenvalue weighted by atomic mass is 79.9. The molecule has 0 saturated carbocycles. The van der Waals surface area contributed by atoms with Gasteiger partial charge in [0.1, 0.15) is 0 Å². The number of hydrogen-bond donors (Lipinski definition) is 0. The molecule has 0 radical (unpaired) electrons. The zero-order valence-corrected chi connectivity index (χ0v) is 15.5. The molecule has 134 valence electrons. The second-order valence-corrected chi connectivity index (χ2v) is 7.26. The molecule has 0 aliphatic rings. The molecule has 0 aliphatic heterocycles. The maximum absolute atomic E-state index is 13.0. The van der Waals surface area contributed by atoms with Gasteiger partial charge in [-0.15, -0.1) is 11.6 Å². The molecule has 0 rings (SSSR count). The lowest BCUT2D eigenvalue weighted by molar-refractivity contribution is -0.151. The average Bonchev–Trinajstić information content (AvgIpc) is 2.42. The van der Waals surface area contributed by atoms with Crippen molar-refractivity contribution in [3.8, 4) is 0 Å². The van der Waals surface area contributed by atoms with Crippen molar-refractivity contribution < 1.29 is 17.6 Å². The molecule has 0 fully saturated rings. The van der Waals surface area contributed by atoms with Crippen LogP contribution in [0, 0.1) is 0 Å². The van der Waals surface area contributed by atoms with Crippen LogP contribution in [0.2, 0.25) is 0 Å². The van der Waals surface area contributed by atoms with Crippen LogP contribution in [-0.4, -0.2) is 16.6 Å². The lowest BCUT2D eigenvalue weighted by Gasteiger charge is -2.21. The van der Waals surface area contributed by atoms with Crippen molar-refractivity contribution in [3.05, 3.63) is 0 Å². The van der Waals surface area contributed by atoms with Crippen LogP contribution in [0.15, 0.2) is 0 Å². The summed E-state index contributed by atoms with van der Waals surface area (Å²) >= 11 is 7.35. The van der Waals surface area contributed by atoms with Crippen LogP contribution in [0.5, 0.6) is 0 Å². The Kier molecular flexibility index (Phi) is 13.1. The predicted octanol–water partition coefficient (Wildman–Crippen LogP) is 7.92. The van der Waals surface area contributed by atoms with Crippen molar-refractivity contribution in [2.75, 3.05) is 5.88 Å². The Balaban J connectivity index is 3.28. The summed E-state index contributed by atoms with van der Waals surface area (Å²) in [5.41, 5.74) is 0. The maximum Gasteiger partial charge on any atom is 0.363 e. The van der Waals surface area contributed by atoms with E-state index in [1.54, 1.807) is 15.9 Å². The van der Waals surface area contributed by atoms with Crippen molar-refractivity contribution in [1.82, 2.24) is 0 Å². The summed E-state index contributed by atoms with van der Waals surface area (Å²) in [5, 5.41) is 0. The molecule has 0 N–H and O–H groups in total. The van der Waals surface area contributed by atoms with Crippen molar-refractivity contribution in [2.45, 2.75) is 94.2 Å². The third-order valence-corrected chi connectivity index (χ3v) is 4.64. The second kappa shape index (κ2) is 12.9. The van der Waals surface area contributed by atoms with E-state index in [9.17, 15) is 17.6 Å². The van der Waals surface area contributed by atoms with E-state index < -0.39 is 17.2 Å². The average molecular weight is 412 g/mol. The number of halogens is 6. The minimum Gasteiger partial charge on any atom is -0.199 e. The highest BCUT2D eigenvalue weighted by Gasteiger charge is 2.53. The fourth-order valence-corrected chi connectivity index (χ4v) is 2.74. The van der Waals surface area contributed by atoms with E-state index >= 15 is 0 Å². The summed E-state index contributed by atoms with van der Waals surface area (Å²) in [6.07, 6.45) is 11.4. The molecule has 22 heavy (non-hydrogen) atoms. The first-order chi connectivity index (χ1) is 10.3. The van der Waals surface area contributed by atoms with E-state index in [1.165, 1.54) is 38.5 Å². The zero-order valence-electron chi connectivity index (χ0n) is 13.2. The monoisotopic (exact) mass is 410 g/mol. The molecule has 0 heterocycles. The fourth-order valence-electron chi connectivity index (χ4n) is 2.35. The molecule has 0 nitrogen and oxygen atoms in total. The third-order valence-electron chi connectivity index (χ3n) is 3.79. The van der Waals surface area contributed by atoms with E-state index in [2.05, 4.69) is 0 Å². The smallest absolute Gasteiger partial charge is 0.199 e. The summed E-state index contributed by atoms with van der Waals surface area (Å²) < 4.78 is 50.9. The number of hydrogen-bond acceptors (Lipinski definition) is 0. The molecule has 6 heteroatoms. The Hall–Kier alpha value is 0.490. The van der Waals surface area contributed by atoms with Gasteiger partial charge in [-0.2, -0.15) is 17.6 Å². The molecule has 0 atom stereocenters. The van der Waals surface area contributed by atoms with Crippen LogP contribution in [0.25, 0.3) is 0 Å². The van der Waals surface area contributed by atoms with Gasteiger partial charge in [0.05, 0.1) is 0 Å². The fraction of sp³-hybridized carbons (Fsp3) is 1.00. The predicted molar refractivity (Wildman–Crippen MR) is 89.6 cm³/mol. The first-order valence-corrected chi connectivity index (χ1v) is 9.64. The molecule has 0 bridgehead atoms. The van der Waals surface area contributed by atoms with E-state index in [1.807, 2.05) is 0 Å². The van der Waals surface area contributed by atoms with Crippen molar-refractivity contribution in [2.24, 2.45) is 0 Å². The first-order valence-electron chi connectivity index (χ1n) is 8.32. The van der Waals surface area contributed by atoms with Gasteiger partial charge in [-0.25, -0.2) is 0 Å². The van der Waals surface area contributed by atoms with E-state index in [-0.39, 0.29) is 6.42 Å². The van der Waals surface area contributed by atoms with Crippen molar-refractivity contribution in [1.29, 1.82) is 0 Å². The summed E-state index contributed by atoms with van der Waals surface area (Å²) in [6, 6.07) is 0. The Bertz CT molecular complexity index is 257. The highest BCUT2D eigenvalue weighted by molar-refractivity contribution is 9.10. The second-order valence-electron chi connectivity index (χ2n) is 5.88. The van der Waals surface area contributed by atoms with Crippen LogP contribution >= 0.6 is 27.5 Å². The summed E-state index contributed by atoms with van der Waals surface area (Å²) in [4.78, 5) is -4.09. The van der Waals surface area contributed by atoms with E-state index in [4.69, 9.17) is 11.6 Å². The van der Waals surface area contributed by atoms with Gasteiger partial charge in [-0.05, 0) is 28.8 Å². The molecule has 0 saturated heterocycles. The number of alkyl halides is 6. The van der Waals surface area contributed by atoms with Gasteiger partial charge in [0.25, 0.3) is 0 Å². The lowest BCUT2D eigenvalue weighted by atomic mass is 10.0. The standard InChI is InChI=1S/C16H28BrClF4/c17-16(21,22)15(19,20)13-11-9-7-5-3-1-2-4-6-8-10-12-14-18/h1-14H2. The van der Waals surface area contributed by atoms with Crippen molar-refractivity contribution in [3.63, 3.8) is 0 Å². The van der Waals surface area contributed by atoms with Crippen LogP contribution in [0.4, 0.5) is 17.6 Å². The quantitative estimate of drug-likeness (QED) is 0.146. The van der Waals surface area contributed by atoms with E-state index in [0.717, 1.165) is 31.6 Å². The molecule has 0 spiro atoms. The topological polar surface area (TPSA) is 0 Å². The molecular weight excluding hydrogens is 384 g/mol. The highest BCUT2D eigenvalue weighted by Crippen LogP contribution is 2.42. The van der Waals surface area contributed by atoms with Gasteiger partial charge in [0, 0.05) is 12.3 Å². The Morgan fingerprint density at radius 2 is 0.909 bits per heavy atom. The van der Waals surface area contributed by atoms with Crippen LogP contribution in [0.1, 0.15) is 83.5 Å². The zero-order chi connectivity index (χ0) is 16.9. The summed E-state index contributed by atoms with van der Waals surface area (Å²) in [5.74, 6) is -3.20. The van der Waals surface area contributed by atoms with Crippen LogP contribution in [0.3, 0.4) is 0 Å². The van der Waals surface area contributed by atoms with Crippen LogP contribution in [-0.2, 0) is 0 Å². The number of unbranched alkanes of at least 4 members (excludes halogenated alkanes) is 11. The Morgan fingerprint density at radius 3 is 1.23 bits per heavy atom. The molecule has 0 aromatic heterocycles. The molecular formula is C16H28BrClF4. The van der Waals surface area contributed by atoms with Gasteiger partial charge in [0.15, 0.2) is 0 Å². The maximum atomic E-state index is 13.0. The van der Waals surface area contributed by atoms with Crippen LogP contribution < -0.4 is 0 Å². The number of rotatable bonds is 15. The van der Waals surface area contributed by atoms with Crippen molar-refractivity contribution >= 4 is 27.5 Å².